The Hall–Kier alpha value is -1.93. The number of nitrogens with one attached hydrogen (secondary N) is 1. The molecule has 1 aromatic carbocycles. The fraction of sp³-hybridized carbons (Fsp3) is 0.273. The monoisotopic (exact) mass is 204 g/mol. The van der Waals surface area contributed by atoms with Gasteiger partial charge in [0.15, 0.2) is 0 Å². The molecule has 4 nitrogen and oxygen atoms in total. The smallest absolute Gasteiger partial charge is 0.235 e. The van der Waals surface area contributed by atoms with Crippen molar-refractivity contribution in [2.45, 2.75) is 20.0 Å². The maximum Gasteiger partial charge on any atom is 0.235 e. The van der Waals surface area contributed by atoms with E-state index in [1.165, 1.54) is 13.0 Å². The van der Waals surface area contributed by atoms with Crippen LogP contribution in [0.25, 0.3) is 0 Å². The van der Waals surface area contributed by atoms with Gasteiger partial charge in [-0.05, 0) is 11.1 Å². The summed E-state index contributed by atoms with van der Waals surface area (Å²) in [4.78, 5) is 24.1. The predicted molar refractivity (Wildman–Crippen MR) is 55.8 cm³/mol. The Morgan fingerprint density at radius 2 is 2.20 bits per heavy atom. The van der Waals surface area contributed by atoms with Crippen LogP contribution in [0.2, 0.25) is 0 Å². The fourth-order valence-electron chi connectivity index (χ4n) is 1.19. The SMILES string of the molecule is CC(=O)NCc1cccc(CN=C=O)c1. The second-order valence-corrected chi connectivity index (χ2v) is 3.14. The first-order chi connectivity index (χ1) is 7.22. The van der Waals surface area contributed by atoms with E-state index >= 15 is 0 Å². The minimum absolute atomic E-state index is 0.0636. The van der Waals surface area contributed by atoms with Gasteiger partial charge >= 0.3 is 0 Å². The van der Waals surface area contributed by atoms with Crippen LogP contribution in [-0.4, -0.2) is 12.0 Å². The van der Waals surface area contributed by atoms with Crippen LogP contribution in [-0.2, 0) is 22.7 Å². The third-order valence-electron chi connectivity index (χ3n) is 1.86. The summed E-state index contributed by atoms with van der Waals surface area (Å²) in [6, 6.07) is 7.55. The van der Waals surface area contributed by atoms with Crippen molar-refractivity contribution in [3.8, 4) is 0 Å². The van der Waals surface area contributed by atoms with Crippen LogP contribution in [0.5, 0.6) is 0 Å². The Bertz CT molecular complexity index is 395. The lowest BCUT2D eigenvalue weighted by molar-refractivity contribution is -0.119. The van der Waals surface area contributed by atoms with E-state index in [1.807, 2.05) is 24.3 Å². The molecule has 78 valence electrons. The van der Waals surface area contributed by atoms with Gasteiger partial charge in [0.05, 0.1) is 6.54 Å². The Morgan fingerprint density at radius 1 is 1.47 bits per heavy atom. The molecule has 0 aliphatic rings. The van der Waals surface area contributed by atoms with Crippen molar-refractivity contribution in [2.75, 3.05) is 0 Å². The Labute approximate surface area is 88.0 Å². The molecular weight excluding hydrogens is 192 g/mol. The number of benzene rings is 1. The molecule has 0 aliphatic heterocycles. The van der Waals surface area contributed by atoms with Crippen LogP contribution < -0.4 is 5.32 Å². The summed E-state index contributed by atoms with van der Waals surface area (Å²) in [5, 5.41) is 2.70. The minimum Gasteiger partial charge on any atom is -0.352 e. The number of hydrogen-bond donors (Lipinski definition) is 1. The largest absolute Gasteiger partial charge is 0.352 e. The molecule has 0 spiro atoms. The molecule has 0 saturated heterocycles. The first-order valence-corrected chi connectivity index (χ1v) is 4.58. The van der Waals surface area contributed by atoms with Gasteiger partial charge in [-0.3, -0.25) is 4.79 Å². The van der Waals surface area contributed by atoms with E-state index in [0.717, 1.165) is 11.1 Å². The van der Waals surface area contributed by atoms with Crippen LogP contribution in [0.15, 0.2) is 29.3 Å². The zero-order chi connectivity index (χ0) is 11.1. The first kappa shape index (κ1) is 11.1. The molecule has 15 heavy (non-hydrogen) atoms. The molecule has 1 aromatic rings. The maximum atomic E-state index is 10.7. The van der Waals surface area contributed by atoms with Crippen LogP contribution >= 0.6 is 0 Å². The number of carbonyl (C=O) groups is 1. The van der Waals surface area contributed by atoms with Gasteiger partial charge in [0.1, 0.15) is 0 Å². The van der Waals surface area contributed by atoms with Crippen molar-refractivity contribution in [2.24, 2.45) is 4.99 Å². The second-order valence-electron chi connectivity index (χ2n) is 3.14. The van der Waals surface area contributed by atoms with Gasteiger partial charge < -0.3 is 5.32 Å². The van der Waals surface area contributed by atoms with Gasteiger partial charge in [0.2, 0.25) is 12.0 Å². The molecule has 1 N–H and O–H groups in total. The summed E-state index contributed by atoms with van der Waals surface area (Å²) in [5.41, 5.74) is 1.92. The van der Waals surface area contributed by atoms with Gasteiger partial charge in [-0.25, -0.2) is 9.79 Å². The highest BCUT2D eigenvalue weighted by molar-refractivity contribution is 5.72. The third kappa shape index (κ3) is 4.20. The summed E-state index contributed by atoms with van der Waals surface area (Å²) in [6.45, 7) is 2.30. The van der Waals surface area contributed by atoms with Gasteiger partial charge in [-0.2, -0.15) is 0 Å². The molecule has 0 fully saturated rings. The van der Waals surface area contributed by atoms with Crippen LogP contribution in [0.4, 0.5) is 0 Å². The number of nitrogens with zero attached hydrogens (tertiary/aromatic N) is 1. The number of rotatable bonds is 4. The Kier molecular flexibility index (Phi) is 4.26. The Morgan fingerprint density at radius 3 is 2.87 bits per heavy atom. The normalized spacial score (nSPS) is 9.13. The van der Waals surface area contributed by atoms with Crippen molar-refractivity contribution in [1.82, 2.24) is 5.32 Å². The first-order valence-electron chi connectivity index (χ1n) is 4.58. The van der Waals surface area contributed by atoms with E-state index in [1.54, 1.807) is 0 Å². The lowest BCUT2D eigenvalue weighted by atomic mass is 10.1. The average molecular weight is 204 g/mol. The average Bonchev–Trinajstić information content (AvgIpc) is 2.24. The highest BCUT2D eigenvalue weighted by Gasteiger charge is 1.96. The lowest BCUT2D eigenvalue weighted by Crippen LogP contribution is -2.18. The van der Waals surface area contributed by atoms with Crippen LogP contribution in [0, 0.1) is 0 Å². The van der Waals surface area contributed by atoms with Gasteiger partial charge in [0.25, 0.3) is 0 Å². The molecule has 4 heteroatoms. The quantitative estimate of drug-likeness (QED) is 0.591. The third-order valence-corrected chi connectivity index (χ3v) is 1.86. The molecule has 0 aromatic heterocycles. The van der Waals surface area contributed by atoms with Gasteiger partial charge in [-0.1, -0.05) is 24.3 Å². The number of hydrogen-bond acceptors (Lipinski definition) is 3. The highest BCUT2D eigenvalue weighted by atomic mass is 16.1. The number of aliphatic imine (C=N–C) groups is 1. The minimum atomic E-state index is -0.0636. The summed E-state index contributed by atoms with van der Waals surface area (Å²) in [5.74, 6) is -0.0636. The molecule has 1 rings (SSSR count). The van der Waals surface area contributed by atoms with E-state index in [9.17, 15) is 9.59 Å². The van der Waals surface area contributed by atoms with Crippen molar-refractivity contribution in [3.63, 3.8) is 0 Å². The fourth-order valence-corrected chi connectivity index (χ4v) is 1.19. The summed E-state index contributed by atoms with van der Waals surface area (Å²) < 4.78 is 0. The van der Waals surface area contributed by atoms with E-state index in [4.69, 9.17) is 0 Å². The molecule has 0 unspecified atom stereocenters. The van der Waals surface area contributed by atoms with E-state index < -0.39 is 0 Å². The van der Waals surface area contributed by atoms with Crippen molar-refractivity contribution in [1.29, 1.82) is 0 Å². The molecule has 0 saturated carbocycles. The molecular formula is C11H12N2O2. The van der Waals surface area contributed by atoms with Gasteiger partial charge in [-0.15, -0.1) is 0 Å². The summed E-state index contributed by atoms with van der Waals surface area (Å²) >= 11 is 0. The molecule has 1 amide bonds. The highest BCUT2D eigenvalue weighted by Crippen LogP contribution is 2.06. The van der Waals surface area contributed by atoms with E-state index in [-0.39, 0.29) is 5.91 Å². The Balaban J connectivity index is 2.65. The lowest BCUT2D eigenvalue weighted by Gasteiger charge is -2.03. The van der Waals surface area contributed by atoms with Crippen LogP contribution in [0.1, 0.15) is 18.1 Å². The number of amides is 1. The molecule has 0 atom stereocenters. The number of carbonyl (C=O) groups excluding carboxylic acids is 2. The zero-order valence-electron chi connectivity index (χ0n) is 8.49. The van der Waals surface area contributed by atoms with Crippen molar-refractivity contribution < 1.29 is 9.59 Å². The molecule has 0 aliphatic carbocycles. The molecule has 0 heterocycles. The van der Waals surface area contributed by atoms with E-state index in [2.05, 4.69) is 10.3 Å². The zero-order valence-corrected chi connectivity index (χ0v) is 8.49. The predicted octanol–water partition coefficient (Wildman–Crippen LogP) is 1.16. The molecule has 0 bridgehead atoms. The maximum absolute atomic E-state index is 10.7. The summed E-state index contributed by atoms with van der Waals surface area (Å²) in [6.07, 6.45) is 1.49. The number of isocyanates is 1. The molecule has 0 radical (unpaired) electrons. The van der Waals surface area contributed by atoms with E-state index in [0.29, 0.717) is 13.1 Å². The van der Waals surface area contributed by atoms with Crippen molar-refractivity contribution in [3.05, 3.63) is 35.4 Å². The topological polar surface area (TPSA) is 58.5 Å². The van der Waals surface area contributed by atoms with Crippen molar-refractivity contribution >= 4 is 12.0 Å². The second kappa shape index (κ2) is 5.73. The standard InChI is InChI=1S/C11H12N2O2/c1-9(15)13-7-11-4-2-3-10(5-11)6-12-8-14/h2-5H,6-7H2,1H3,(H,13,15). The van der Waals surface area contributed by atoms with Gasteiger partial charge in [0, 0.05) is 13.5 Å². The van der Waals surface area contributed by atoms with Crippen LogP contribution in [0.3, 0.4) is 0 Å². The summed E-state index contributed by atoms with van der Waals surface area (Å²) in [7, 11) is 0.